The Morgan fingerprint density at radius 2 is 1.82 bits per heavy atom. The van der Waals surface area contributed by atoms with E-state index in [1.165, 1.54) is 4.90 Å². The maximum atomic E-state index is 13.0. The number of benzene rings is 2. The van der Waals surface area contributed by atoms with Crippen molar-refractivity contribution in [3.8, 4) is 11.5 Å². The highest BCUT2D eigenvalue weighted by Crippen LogP contribution is 2.34. The Morgan fingerprint density at radius 3 is 2.54 bits per heavy atom. The van der Waals surface area contributed by atoms with Gasteiger partial charge in [-0.05, 0) is 25.1 Å². The van der Waals surface area contributed by atoms with Crippen LogP contribution in [-0.2, 0) is 4.79 Å². The molecule has 4 rings (SSSR count). The fourth-order valence-corrected chi connectivity index (χ4v) is 3.69. The topological polar surface area (TPSA) is 59.1 Å². The Kier molecular flexibility index (Phi) is 4.55. The summed E-state index contributed by atoms with van der Waals surface area (Å²) in [5, 5.41) is 0. The minimum absolute atomic E-state index is 0.176. The predicted molar refractivity (Wildman–Crippen MR) is 105 cm³/mol. The van der Waals surface area contributed by atoms with Crippen molar-refractivity contribution in [1.82, 2.24) is 9.80 Å². The highest BCUT2D eigenvalue weighted by molar-refractivity contribution is 6.10. The fourth-order valence-electron chi connectivity index (χ4n) is 3.69. The molecule has 2 aromatic rings. The van der Waals surface area contributed by atoms with Gasteiger partial charge in [0.15, 0.2) is 17.6 Å². The number of carbonyl (C=O) groups is 2. The zero-order chi connectivity index (χ0) is 19.8. The molecule has 0 saturated carbocycles. The van der Waals surface area contributed by atoms with Crippen molar-refractivity contribution < 1.29 is 19.1 Å². The van der Waals surface area contributed by atoms with Crippen molar-refractivity contribution in [2.45, 2.75) is 19.1 Å². The lowest BCUT2D eigenvalue weighted by Crippen LogP contribution is -2.49. The smallest absolute Gasteiger partial charge is 0.259 e. The molecule has 0 aromatic heterocycles. The summed E-state index contributed by atoms with van der Waals surface area (Å²) in [5.41, 5.74) is 1.91. The average Bonchev–Trinajstić information content (AvgIpc) is 2.97. The molecule has 0 saturated heterocycles. The number of para-hydroxylation sites is 2. The number of rotatable bonds is 4. The van der Waals surface area contributed by atoms with Crippen molar-refractivity contribution >= 4 is 17.5 Å². The number of fused-ring (bicyclic) bond motifs is 2. The van der Waals surface area contributed by atoms with Crippen LogP contribution in [0.3, 0.4) is 0 Å². The second kappa shape index (κ2) is 7.03. The standard InChI is InChI=1S/C22H22N2O4/c1-14-17-8-4-5-9-18(17)22(26)24(14)15(2)21(25)23(3)12-16-13-27-19-10-6-7-11-20(19)28-16/h4-11,15-16H,1,12-13H2,2-3H3/t15-,16+/m1/s1. The van der Waals surface area contributed by atoms with E-state index in [1.54, 1.807) is 24.9 Å². The lowest BCUT2D eigenvalue weighted by molar-refractivity contribution is -0.134. The Balaban J connectivity index is 1.43. The van der Waals surface area contributed by atoms with Crippen molar-refractivity contribution in [3.63, 3.8) is 0 Å². The van der Waals surface area contributed by atoms with Crippen molar-refractivity contribution in [3.05, 3.63) is 66.2 Å². The summed E-state index contributed by atoms with van der Waals surface area (Å²) in [5.74, 6) is 1.01. The van der Waals surface area contributed by atoms with E-state index in [4.69, 9.17) is 9.47 Å². The van der Waals surface area contributed by atoms with Gasteiger partial charge in [-0.15, -0.1) is 0 Å². The Hall–Kier alpha value is -3.28. The van der Waals surface area contributed by atoms with Gasteiger partial charge >= 0.3 is 0 Å². The third kappa shape index (κ3) is 3.01. The minimum Gasteiger partial charge on any atom is -0.486 e. The maximum absolute atomic E-state index is 13.0. The molecule has 2 atom stereocenters. The van der Waals surface area contributed by atoms with Crippen LogP contribution in [0.2, 0.25) is 0 Å². The van der Waals surface area contributed by atoms with E-state index in [1.807, 2.05) is 42.5 Å². The summed E-state index contributed by atoms with van der Waals surface area (Å²) in [6.45, 7) is 6.47. The van der Waals surface area contributed by atoms with Gasteiger partial charge in [0, 0.05) is 23.9 Å². The van der Waals surface area contributed by atoms with Crippen molar-refractivity contribution in [2.75, 3.05) is 20.2 Å². The Morgan fingerprint density at radius 1 is 1.18 bits per heavy atom. The van der Waals surface area contributed by atoms with Gasteiger partial charge < -0.3 is 14.4 Å². The molecule has 6 nitrogen and oxygen atoms in total. The first-order valence-electron chi connectivity index (χ1n) is 9.22. The molecule has 2 amide bonds. The Labute approximate surface area is 164 Å². The van der Waals surface area contributed by atoms with E-state index in [0.717, 1.165) is 5.56 Å². The molecule has 0 bridgehead atoms. The van der Waals surface area contributed by atoms with Gasteiger partial charge in [0.05, 0.1) is 6.54 Å². The van der Waals surface area contributed by atoms with Gasteiger partial charge in [0.1, 0.15) is 12.6 Å². The van der Waals surface area contributed by atoms with E-state index < -0.39 is 6.04 Å². The molecule has 2 heterocycles. The van der Waals surface area contributed by atoms with Crippen LogP contribution in [0.5, 0.6) is 11.5 Å². The van der Waals surface area contributed by atoms with E-state index in [9.17, 15) is 9.59 Å². The van der Waals surface area contributed by atoms with Gasteiger partial charge in [0.2, 0.25) is 5.91 Å². The maximum Gasteiger partial charge on any atom is 0.259 e. The fraction of sp³-hybridized carbons (Fsp3) is 0.273. The van der Waals surface area contributed by atoms with Crippen molar-refractivity contribution in [2.24, 2.45) is 0 Å². The first kappa shape index (κ1) is 18.1. The first-order chi connectivity index (χ1) is 13.5. The van der Waals surface area contributed by atoms with Gasteiger partial charge in [-0.3, -0.25) is 14.5 Å². The summed E-state index contributed by atoms with van der Waals surface area (Å²) >= 11 is 0. The van der Waals surface area contributed by atoms with Gasteiger partial charge in [-0.1, -0.05) is 36.9 Å². The van der Waals surface area contributed by atoms with Crippen LogP contribution >= 0.6 is 0 Å². The third-order valence-electron chi connectivity index (χ3n) is 5.14. The lowest BCUT2D eigenvalue weighted by Gasteiger charge is -2.32. The van der Waals surface area contributed by atoms with E-state index >= 15 is 0 Å². The van der Waals surface area contributed by atoms with Crippen LogP contribution in [0.15, 0.2) is 55.1 Å². The average molecular weight is 378 g/mol. The second-order valence-corrected chi connectivity index (χ2v) is 7.06. The molecule has 0 spiro atoms. The van der Waals surface area contributed by atoms with Gasteiger partial charge in [-0.2, -0.15) is 0 Å². The van der Waals surface area contributed by atoms with Crippen LogP contribution in [0.1, 0.15) is 22.8 Å². The van der Waals surface area contributed by atoms with E-state index in [2.05, 4.69) is 6.58 Å². The first-order valence-corrected chi connectivity index (χ1v) is 9.22. The quantitative estimate of drug-likeness (QED) is 0.821. The monoisotopic (exact) mass is 378 g/mol. The largest absolute Gasteiger partial charge is 0.486 e. The summed E-state index contributed by atoms with van der Waals surface area (Å²) in [6, 6.07) is 14.1. The summed E-state index contributed by atoms with van der Waals surface area (Å²) < 4.78 is 11.6. The molecule has 0 aliphatic carbocycles. The van der Waals surface area contributed by atoms with Crippen LogP contribution in [0.4, 0.5) is 0 Å². The second-order valence-electron chi connectivity index (χ2n) is 7.06. The minimum atomic E-state index is -0.658. The lowest BCUT2D eigenvalue weighted by atomic mass is 10.1. The summed E-state index contributed by atoms with van der Waals surface area (Å²) in [6.07, 6.45) is -0.272. The van der Waals surface area contributed by atoms with E-state index in [0.29, 0.717) is 35.9 Å². The normalized spacial score (nSPS) is 18.6. The molecule has 2 aromatic carbocycles. The van der Waals surface area contributed by atoms with E-state index in [-0.39, 0.29) is 17.9 Å². The molecular formula is C22H22N2O4. The zero-order valence-corrected chi connectivity index (χ0v) is 15.9. The number of carbonyl (C=O) groups excluding carboxylic acids is 2. The molecule has 144 valence electrons. The Bertz CT molecular complexity index is 920. The number of likely N-dealkylation sites (N-methyl/N-ethyl adjacent to an activating group) is 1. The predicted octanol–water partition coefficient (Wildman–Crippen LogP) is 2.80. The molecule has 0 unspecified atom stereocenters. The molecule has 2 aliphatic rings. The van der Waals surface area contributed by atoms with Crippen LogP contribution in [0.25, 0.3) is 5.70 Å². The SMILES string of the molecule is C=C1c2ccccc2C(=O)N1[C@H](C)C(=O)N(C)C[C@H]1COc2ccccc2O1. The summed E-state index contributed by atoms with van der Waals surface area (Å²) in [4.78, 5) is 28.8. The van der Waals surface area contributed by atoms with Crippen molar-refractivity contribution in [1.29, 1.82) is 0 Å². The van der Waals surface area contributed by atoms with Gasteiger partial charge in [-0.25, -0.2) is 0 Å². The van der Waals surface area contributed by atoms with Gasteiger partial charge in [0.25, 0.3) is 5.91 Å². The number of amides is 2. The zero-order valence-electron chi connectivity index (χ0n) is 15.9. The number of hydrogen-bond donors (Lipinski definition) is 0. The number of ether oxygens (including phenoxy) is 2. The highest BCUT2D eigenvalue weighted by Gasteiger charge is 2.38. The number of nitrogens with zero attached hydrogens (tertiary/aromatic N) is 2. The molecule has 2 aliphatic heterocycles. The molecule has 0 N–H and O–H groups in total. The molecule has 0 fully saturated rings. The molecular weight excluding hydrogens is 356 g/mol. The molecule has 0 radical (unpaired) electrons. The van der Waals surface area contributed by atoms with Crippen LogP contribution in [-0.4, -0.2) is 54.0 Å². The molecule has 28 heavy (non-hydrogen) atoms. The van der Waals surface area contributed by atoms with Crippen LogP contribution in [0, 0.1) is 0 Å². The highest BCUT2D eigenvalue weighted by atomic mass is 16.6. The van der Waals surface area contributed by atoms with Crippen LogP contribution < -0.4 is 9.47 Å². The summed E-state index contributed by atoms with van der Waals surface area (Å²) in [7, 11) is 1.71. The number of hydrogen-bond acceptors (Lipinski definition) is 4. The third-order valence-corrected chi connectivity index (χ3v) is 5.14. The molecule has 6 heteroatoms.